The Balaban J connectivity index is 1.63. The minimum atomic E-state index is -0.496. The lowest BCUT2D eigenvalue weighted by Crippen LogP contribution is -2.47. The van der Waals surface area contributed by atoms with E-state index in [4.69, 9.17) is 9.15 Å². The standard InChI is InChI=1S/C16H26N4O4/c1-16(2,3)24-15(22)20-12-6-4-11(5-7-12)19-14(21)18-9-13-8-17-10-23-13/h8,10-12H,4-7,9H2,1-3H3,(H,20,22)(H2,18,19,21). The summed E-state index contributed by atoms with van der Waals surface area (Å²) in [6.07, 6.45) is 5.76. The molecule has 1 heterocycles. The molecule has 24 heavy (non-hydrogen) atoms. The molecule has 1 aromatic heterocycles. The van der Waals surface area contributed by atoms with Gasteiger partial charge in [-0.25, -0.2) is 14.6 Å². The Morgan fingerprint density at radius 1 is 1.21 bits per heavy atom. The molecule has 1 saturated carbocycles. The van der Waals surface area contributed by atoms with E-state index in [1.165, 1.54) is 6.39 Å². The van der Waals surface area contributed by atoms with E-state index in [1.807, 2.05) is 20.8 Å². The second-order valence-corrected chi connectivity index (χ2v) is 6.99. The maximum absolute atomic E-state index is 11.8. The zero-order valence-corrected chi connectivity index (χ0v) is 14.4. The largest absolute Gasteiger partial charge is 0.447 e. The van der Waals surface area contributed by atoms with Gasteiger partial charge in [0.1, 0.15) is 11.4 Å². The summed E-state index contributed by atoms with van der Waals surface area (Å²) >= 11 is 0. The highest BCUT2D eigenvalue weighted by atomic mass is 16.6. The maximum atomic E-state index is 11.8. The van der Waals surface area contributed by atoms with Gasteiger partial charge in [0.05, 0.1) is 12.7 Å². The van der Waals surface area contributed by atoms with Crippen LogP contribution >= 0.6 is 0 Å². The molecule has 1 aliphatic rings. The highest BCUT2D eigenvalue weighted by Gasteiger charge is 2.25. The van der Waals surface area contributed by atoms with Crippen molar-refractivity contribution in [1.29, 1.82) is 0 Å². The number of hydrogen-bond donors (Lipinski definition) is 3. The molecular formula is C16H26N4O4. The van der Waals surface area contributed by atoms with E-state index >= 15 is 0 Å². The fourth-order valence-corrected chi connectivity index (χ4v) is 2.59. The van der Waals surface area contributed by atoms with Gasteiger partial charge in [0, 0.05) is 12.1 Å². The molecule has 1 aromatic rings. The highest BCUT2D eigenvalue weighted by Crippen LogP contribution is 2.19. The van der Waals surface area contributed by atoms with Crippen molar-refractivity contribution >= 4 is 12.1 Å². The smallest absolute Gasteiger partial charge is 0.407 e. The zero-order chi connectivity index (χ0) is 17.6. The first kappa shape index (κ1) is 18.1. The quantitative estimate of drug-likeness (QED) is 0.781. The molecule has 0 atom stereocenters. The van der Waals surface area contributed by atoms with E-state index in [0.29, 0.717) is 12.3 Å². The normalized spacial score (nSPS) is 21.0. The molecule has 0 unspecified atom stereocenters. The molecule has 1 fully saturated rings. The van der Waals surface area contributed by atoms with Crippen molar-refractivity contribution in [1.82, 2.24) is 20.9 Å². The first-order valence-electron chi connectivity index (χ1n) is 8.23. The topological polar surface area (TPSA) is 105 Å². The molecule has 0 aliphatic heterocycles. The average Bonchev–Trinajstić information content (AvgIpc) is 2.98. The predicted molar refractivity (Wildman–Crippen MR) is 87.3 cm³/mol. The SMILES string of the molecule is CC(C)(C)OC(=O)NC1CCC(NC(=O)NCc2cnco2)CC1. The minimum Gasteiger partial charge on any atom is -0.447 e. The molecule has 0 aromatic carbocycles. The number of urea groups is 1. The summed E-state index contributed by atoms with van der Waals surface area (Å²) in [7, 11) is 0. The molecule has 8 nitrogen and oxygen atoms in total. The zero-order valence-electron chi connectivity index (χ0n) is 14.4. The minimum absolute atomic E-state index is 0.0927. The third-order valence-electron chi connectivity index (χ3n) is 3.69. The molecule has 134 valence electrons. The Bertz CT molecular complexity index is 531. The predicted octanol–water partition coefficient (Wildman–Crippen LogP) is 2.31. The van der Waals surface area contributed by atoms with Gasteiger partial charge in [-0.1, -0.05) is 0 Å². The first-order valence-corrected chi connectivity index (χ1v) is 8.23. The monoisotopic (exact) mass is 338 g/mol. The van der Waals surface area contributed by atoms with Crippen LogP contribution in [0.2, 0.25) is 0 Å². The Morgan fingerprint density at radius 2 is 1.83 bits per heavy atom. The van der Waals surface area contributed by atoms with Gasteiger partial charge < -0.3 is 25.1 Å². The summed E-state index contributed by atoms with van der Waals surface area (Å²) in [6.45, 7) is 5.82. The molecule has 1 aliphatic carbocycles. The number of carbonyl (C=O) groups excluding carboxylic acids is 2. The number of oxazole rings is 1. The number of nitrogens with zero attached hydrogens (tertiary/aromatic N) is 1. The van der Waals surface area contributed by atoms with E-state index in [2.05, 4.69) is 20.9 Å². The fraction of sp³-hybridized carbons (Fsp3) is 0.688. The summed E-state index contributed by atoms with van der Waals surface area (Å²) in [5.41, 5.74) is -0.496. The number of carbonyl (C=O) groups is 2. The summed E-state index contributed by atoms with van der Waals surface area (Å²) in [5, 5.41) is 8.55. The second-order valence-electron chi connectivity index (χ2n) is 6.99. The van der Waals surface area contributed by atoms with Crippen molar-refractivity contribution in [3.05, 3.63) is 18.4 Å². The van der Waals surface area contributed by atoms with Crippen molar-refractivity contribution in [2.24, 2.45) is 0 Å². The van der Waals surface area contributed by atoms with Crippen LogP contribution in [0.5, 0.6) is 0 Å². The number of nitrogens with one attached hydrogen (secondary N) is 3. The summed E-state index contributed by atoms with van der Waals surface area (Å²) in [6, 6.07) is -0.0264. The van der Waals surface area contributed by atoms with Crippen LogP contribution in [0.1, 0.15) is 52.2 Å². The Morgan fingerprint density at radius 3 is 2.38 bits per heavy atom. The molecule has 2 rings (SSSR count). The molecule has 0 spiro atoms. The summed E-state index contributed by atoms with van der Waals surface area (Å²) in [4.78, 5) is 27.4. The van der Waals surface area contributed by atoms with E-state index < -0.39 is 5.60 Å². The average molecular weight is 338 g/mol. The Labute approximate surface area is 141 Å². The maximum Gasteiger partial charge on any atom is 0.407 e. The van der Waals surface area contributed by atoms with Crippen LogP contribution in [0.4, 0.5) is 9.59 Å². The van der Waals surface area contributed by atoms with Crippen molar-refractivity contribution in [2.45, 2.75) is 70.7 Å². The molecule has 3 N–H and O–H groups in total. The highest BCUT2D eigenvalue weighted by molar-refractivity contribution is 5.74. The number of aromatic nitrogens is 1. The number of ether oxygens (including phenoxy) is 1. The Hall–Kier alpha value is -2.25. The lowest BCUT2D eigenvalue weighted by molar-refractivity contribution is 0.0490. The van der Waals surface area contributed by atoms with Crippen LogP contribution in [0.25, 0.3) is 0 Å². The molecule has 0 saturated heterocycles. The number of alkyl carbamates (subject to hydrolysis) is 1. The van der Waals surface area contributed by atoms with Gasteiger partial charge in [0.15, 0.2) is 6.39 Å². The van der Waals surface area contributed by atoms with Gasteiger partial charge in [-0.3, -0.25) is 0 Å². The van der Waals surface area contributed by atoms with E-state index in [-0.39, 0.29) is 24.2 Å². The third kappa shape index (κ3) is 6.47. The van der Waals surface area contributed by atoms with Crippen molar-refractivity contribution in [3.8, 4) is 0 Å². The molecule has 0 radical (unpaired) electrons. The van der Waals surface area contributed by atoms with E-state index in [1.54, 1.807) is 6.20 Å². The van der Waals surface area contributed by atoms with Gasteiger partial charge >= 0.3 is 12.1 Å². The second kappa shape index (κ2) is 8.03. The fourth-order valence-electron chi connectivity index (χ4n) is 2.59. The molecule has 3 amide bonds. The van der Waals surface area contributed by atoms with Gasteiger partial charge in [-0.05, 0) is 46.5 Å². The van der Waals surface area contributed by atoms with Crippen molar-refractivity contribution in [3.63, 3.8) is 0 Å². The van der Waals surface area contributed by atoms with Crippen LogP contribution in [0.15, 0.2) is 17.0 Å². The van der Waals surface area contributed by atoms with Crippen LogP contribution in [-0.4, -0.2) is 34.8 Å². The summed E-state index contributed by atoms with van der Waals surface area (Å²) < 4.78 is 10.3. The van der Waals surface area contributed by atoms with E-state index in [9.17, 15) is 9.59 Å². The van der Waals surface area contributed by atoms with Gasteiger partial charge in [-0.2, -0.15) is 0 Å². The molecular weight excluding hydrogens is 312 g/mol. The van der Waals surface area contributed by atoms with Crippen molar-refractivity contribution < 1.29 is 18.7 Å². The lowest BCUT2D eigenvalue weighted by Gasteiger charge is -2.30. The van der Waals surface area contributed by atoms with Gasteiger partial charge in [0.2, 0.25) is 0 Å². The van der Waals surface area contributed by atoms with Crippen LogP contribution in [0.3, 0.4) is 0 Å². The van der Waals surface area contributed by atoms with Crippen LogP contribution in [0, 0.1) is 0 Å². The number of hydrogen-bond acceptors (Lipinski definition) is 5. The molecule has 8 heteroatoms. The number of amides is 3. The van der Waals surface area contributed by atoms with Gasteiger partial charge in [-0.15, -0.1) is 0 Å². The molecule has 0 bridgehead atoms. The summed E-state index contributed by atoms with van der Waals surface area (Å²) in [5.74, 6) is 0.607. The Kier molecular flexibility index (Phi) is 6.05. The van der Waals surface area contributed by atoms with E-state index in [0.717, 1.165) is 25.7 Å². The van der Waals surface area contributed by atoms with Crippen molar-refractivity contribution in [2.75, 3.05) is 0 Å². The van der Waals surface area contributed by atoms with Gasteiger partial charge in [0.25, 0.3) is 0 Å². The lowest BCUT2D eigenvalue weighted by atomic mass is 9.91. The van der Waals surface area contributed by atoms with Crippen LogP contribution < -0.4 is 16.0 Å². The number of rotatable bonds is 4. The van der Waals surface area contributed by atoms with Crippen LogP contribution in [-0.2, 0) is 11.3 Å². The first-order chi connectivity index (χ1) is 11.3. The third-order valence-corrected chi connectivity index (χ3v) is 3.69.